The van der Waals surface area contributed by atoms with Crippen molar-refractivity contribution >= 4 is 39.5 Å². The number of aliphatic hydroxyl groups is 1. The number of rotatable bonds is 70. The van der Waals surface area contributed by atoms with Crippen LogP contribution in [-0.4, -0.2) is 96.7 Å². The second-order valence-corrected chi connectivity index (χ2v) is 29.5. The third-order valence-corrected chi connectivity index (χ3v) is 18.4. The van der Waals surface area contributed by atoms with Gasteiger partial charge in [0.25, 0.3) is 0 Å². The first-order chi connectivity index (χ1) is 43.4. The molecule has 0 rings (SSSR count). The first-order valence-electron chi connectivity index (χ1n) is 37.0. The summed E-state index contributed by atoms with van der Waals surface area (Å²) < 4.78 is 68.3. The number of carbonyl (C=O) groups is 4. The van der Waals surface area contributed by atoms with Crippen LogP contribution < -0.4 is 0 Å². The van der Waals surface area contributed by atoms with Crippen LogP contribution in [0.5, 0.6) is 0 Å². The third-order valence-electron chi connectivity index (χ3n) is 16.5. The summed E-state index contributed by atoms with van der Waals surface area (Å²) in [5, 5.41) is 10.6. The summed E-state index contributed by atoms with van der Waals surface area (Å²) in [6.45, 7) is 9.52. The lowest BCUT2D eigenvalue weighted by Gasteiger charge is -2.21. The van der Waals surface area contributed by atoms with E-state index >= 15 is 0 Å². The first kappa shape index (κ1) is 88.1. The summed E-state index contributed by atoms with van der Waals surface area (Å²) in [6, 6.07) is 0. The molecule has 0 aromatic rings. The molecule has 0 aromatic carbocycles. The van der Waals surface area contributed by atoms with Crippen LogP contribution in [0.25, 0.3) is 0 Å². The van der Waals surface area contributed by atoms with Crippen LogP contribution in [0.2, 0.25) is 0 Å². The average molecular weight is 1330 g/mol. The highest BCUT2D eigenvalue weighted by Crippen LogP contribution is 2.45. The highest BCUT2D eigenvalue weighted by Gasteiger charge is 2.30. The van der Waals surface area contributed by atoms with Gasteiger partial charge in [-0.05, 0) is 37.5 Å². The van der Waals surface area contributed by atoms with E-state index in [0.29, 0.717) is 31.6 Å². The fraction of sp³-hybridized carbons (Fsp3) is 0.944. The van der Waals surface area contributed by atoms with Gasteiger partial charge < -0.3 is 33.8 Å². The van der Waals surface area contributed by atoms with Crippen molar-refractivity contribution in [3.63, 3.8) is 0 Å². The Balaban J connectivity index is 5.24. The molecule has 0 aromatic heterocycles. The van der Waals surface area contributed by atoms with Crippen molar-refractivity contribution < 1.29 is 80.2 Å². The fourth-order valence-electron chi connectivity index (χ4n) is 10.8. The van der Waals surface area contributed by atoms with Crippen LogP contribution in [0.15, 0.2) is 0 Å². The molecule has 0 radical (unpaired) electrons. The van der Waals surface area contributed by atoms with E-state index in [2.05, 4.69) is 41.5 Å². The van der Waals surface area contributed by atoms with Crippen molar-refractivity contribution in [3.05, 3.63) is 0 Å². The largest absolute Gasteiger partial charge is 0.472 e. The molecule has 5 atom stereocenters. The SMILES string of the molecule is CCCCCCCCCCCCCCCC(=O)OC[C@H](COP(=O)(O)OC[C@@H](O)COP(=O)(O)OC[C@@H](COC(=O)CCCCCCCCCC(C)C)OC(=O)CCCCCCCCCCCCC)OC(=O)CCCCCCCCCCCCCCCC(C)C. The van der Waals surface area contributed by atoms with Gasteiger partial charge in [-0.3, -0.25) is 37.3 Å². The van der Waals surface area contributed by atoms with Gasteiger partial charge in [-0.15, -0.1) is 0 Å². The number of carbonyl (C=O) groups excluding carboxylic acids is 4. The van der Waals surface area contributed by atoms with Crippen LogP contribution >= 0.6 is 15.6 Å². The van der Waals surface area contributed by atoms with Gasteiger partial charge >= 0.3 is 39.5 Å². The predicted octanol–water partition coefficient (Wildman–Crippen LogP) is 20.4. The maximum Gasteiger partial charge on any atom is 0.472 e. The molecule has 0 aliphatic carbocycles. The molecular formula is C71H138O17P2. The minimum absolute atomic E-state index is 0.106. The van der Waals surface area contributed by atoms with Gasteiger partial charge in [0.1, 0.15) is 19.3 Å². The number of phosphoric ester groups is 2. The highest BCUT2D eigenvalue weighted by atomic mass is 31.2. The molecule has 0 saturated carbocycles. The highest BCUT2D eigenvalue weighted by molar-refractivity contribution is 7.47. The van der Waals surface area contributed by atoms with Crippen molar-refractivity contribution in [2.24, 2.45) is 11.8 Å². The van der Waals surface area contributed by atoms with Crippen LogP contribution in [0.1, 0.15) is 363 Å². The van der Waals surface area contributed by atoms with Crippen LogP contribution in [-0.2, 0) is 65.4 Å². The normalized spacial score (nSPS) is 14.1. The topological polar surface area (TPSA) is 237 Å². The van der Waals surface area contributed by atoms with Crippen molar-refractivity contribution in [2.75, 3.05) is 39.6 Å². The Bertz CT molecular complexity index is 1750. The number of aliphatic hydroxyl groups excluding tert-OH is 1. The molecule has 90 heavy (non-hydrogen) atoms. The second-order valence-electron chi connectivity index (χ2n) is 26.6. The molecule has 0 saturated heterocycles. The maximum atomic E-state index is 13.0. The number of hydrogen-bond acceptors (Lipinski definition) is 15. The Hall–Kier alpha value is -1.94. The minimum atomic E-state index is -4.95. The van der Waals surface area contributed by atoms with Gasteiger partial charge in [0, 0.05) is 25.7 Å². The van der Waals surface area contributed by atoms with Crippen molar-refractivity contribution in [1.82, 2.24) is 0 Å². The Morgan fingerprint density at radius 2 is 0.511 bits per heavy atom. The quantitative estimate of drug-likeness (QED) is 0.0222. The number of phosphoric acid groups is 2. The molecule has 0 heterocycles. The van der Waals surface area contributed by atoms with Crippen molar-refractivity contribution in [1.29, 1.82) is 0 Å². The summed E-state index contributed by atoms with van der Waals surface area (Å²) in [7, 11) is -9.90. The summed E-state index contributed by atoms with van der Waals surface area (Å²) in [4.78, 5) is 72.6. The zero-order valence-electron chi connectivity index (χ0n) is 58.4. The van der Waals surface area contributed by atoms with Gasteiger partial charge in [-0.1, -0.05) is 311 Å². The van der Waals surface area contributed by atoms with E-state index in [0.717, 1.165) is 102 Å². The molecule has 0 aliphatic rings. The number of ether oxygens (including phenoxy) is 4. The standard InChI is InChI=1S/C71H138O17P2/c1-7-9-11-13-15-17-19-21-26-29-35-41-47-53-68(73)81-59-66(87-71(76)56-50-44-37-31-27-23-20-22-25-28-33-39-45-51-63(3)4)61-85-89(77,78)83-57-65(72)58-84-90(79,80)86-62-67(60-82-69(74)54-48-42-38-32-34-40-46-52-64(5)6)88-70(75)55-49-43-36-30-24-18-16-14-12-10-8-2/h63-67,72H,7-62H2,1-6H3,(H,77,78)(H,79,80)/t65-,66-,67-/m1/s1. The number of hydrogen-bond donors (Lipinski definition) is 3. The summed E-state index contributed by atoms with van der Waals surface area (Å²) in [5.74, 6) is -0.630. The fourth-order valence-corrected chi connectivity index (χ4v) is 12.3. The van der Waals surface area contributed by atoms with E-state index < -0.39 is 97.5 Å². The Morgan fingerprint density at radius 1 is 0.300 bits per heavy atom. The molecule has 0 amide bonds. The van der Waals surface area contributed by atoms with Crippen molar-refractivity contribution in [3.8, 4) is 0 Å². The molecule has 19 heteroatoms. The molecular weight excluding hydrogens is 1190 g/mol. The van der Waals surface area contributed by atoms with E-state index in [1.165, 1.54) is 173 Å². The molecule has 0 aliphatic heterocycles. The monoisotopic (exact) mass is 1320 g/mol. The summed E-state index contributed by atoms with van der Waals surface area (Å²) in [6.07, 6.45) is 48.5. The maximum absolute atomic E-state index is 13.0. The van der Waals surface area contributed by atoms with Crippen molar-refractivity contribution in [2.45, 2.75) is 381 Å². The van der Waals surface area contributed by atoms with E-state index in [-0.39, 0.29) is 25.7 Å². The minimum Gasteiger partial charge on any atom is -0.462 e. The molecule has 3 N–H and O–H groups in total. The molecule has 534 valence electrons. The van der Waals surface area contributed by atoms with Crippen LogP contribution in [0, 0.1) is 11.8 Å². The van der Waals surface area contributed by atoms with Gasteiger partial charge in [0.2, 0.25) is 0 Å². The lowest BCUT2D eigenvalue weighted by molar-refractivity contribution is -0.161. The van der Waals surface area contributed by atoms with E-state index in [9.17, 15) is 43.2 Å². The Labute approximate surface area is 549 Å². The Morgan fingerprint density at radius 3 is 0.756 bits per heavy atom. The zero-order valence-corrected chi connectivity index (χ0v) is 60.2. The predicted molar refractivity (Wildman–Crippen MR) is 363 cm³/mol. The van der Waals surface area contributed by atoms with E-state index in [4.69, 9.17) is 37.0 Å². The molecule has 0 spiro atoms. The van der Waals surface area contributed by atoms with Crippen LogP contribution in [0.3, 0.4) is 0 Å². The van der Waals surface area contributed by atoms with Gasteiger partial charge in [-0.25, -0.2) is 9.13 Å². The van der Waals surface area contributed by atoms with E-state index in [1.807, 2.05) is 0 Å². The van der Waals surface area contributed by atoms with E-state index in [1.54, 1.807) is 0 Å². The first-order valence-corrected chi connectivity index (χ1v) is 40.0. The smallest absolute Gasteiger partial charge is 0.462 e. The lowest BCUT2D eigenvalue weighted by Crippen LogP contribution is -2.30. The van der Waals surface area contributed by atoms with Gasteiger partial charge in [0.05, 0.1) is 26.4 Å². The van der Waals surface area contributed by atoms with Gasteiger partial charge in [0.15, 0.2) is 12.2 Å². The molecule has 0 bridgehead atoms. The Kier molecular flexibility index (Phi) is 61.8. The average Bonchev–Trinajstić information content (AvgIpc) is 2.94. The lowest BCUT2D eigenvalue weighted by atomic mass is 10.0. The summed E-state index contributed by atoms with van der Waals surface area (Å²) >= 11 is 0. The van der Waals surface area contributed by atoms with Gasteiger partial charge in [-0.2, -0.15) is 0 Å². The zero-order chi connectivity index (χ0) is 66.5. The molecule has 0 fully saturated rings. The third kappa shape index (κ3) is 64.8. The van der Waals surface area contributed by atoms with Crippen LogP contribution in [0.4, 0.5) is 0 Å². The number of esters is 4. The second kappa shape index (κ2) is 63.1. The molecule has 17 nitrogen and oxygen atoms in total. The number of unbranched alkanes of at least 4 members (excludes halogenated alkanes) is 40. The summed E-state index contributed by atoms with van der Waals surface area (Å²) in [5.41, 5.74) is 0. The molecule has 2 unspecified atom stereocenters.